The van der Waals surface area contributed by atoms with Gasteiger partial charge in [0.15, 0.2) is 9.84 Å². The van der Waals surface area contributed by atoms with Gasteiger partial charge in [0.25, 0.3) is 0 Å². The number of hydrogen-bond acceptors (Lipinski definition) is 4. The third-order valence-electron chi connectivity index (χ3n) is 3.93. The van der Waals surface area contributed by atoms with Crippen LogP contribution in [0.25, 0.3) is 0 Å². The van der Waals surface area contributed by atoms with Gasteiger partial charge in [0, 0.05) is 31.7 Å². The van der Waals surface area contributed by atoms with Crippen molar-refractivity contribution in [1.82, 2.24) is 10.2 Å². The Balaban J connectivity index is 2.62. The standard InChI is InChI=1S/C14H30N2O2S/c1-6-7-13-10-15-12(2)11-16(13)8-9-19(17,18)14(3,4)5/h12-13,15H,6-11H2,1-5H3. The maximum atomic E-state index is 12.2. The first-order valence-corrected chi connectivity index (χ1v) is 9.02. The Kier molecular flexibility index (Phi) is 5.83. The highest BCUT2D eigenvalue weighted by atomic mass is 32.2. The third-order valence-corrected chi connectivity index (χ3v) is 6.51. The number of nitrogens with zero attached hydrogens (tertiary/aromatic N) is 1. The molecule has 1 rings (SSSR count). The van der Waals surface area contributed by atoms with E-state index in [-0.39, 0.29) is 5.75 Å². The summed E-state index contributed by atoms with van der Waals surface area (Å²) in [5.74, 6) is 0.267. The normalized spacial score (nSPS) is 26.6. The second-order valence-electron chi connectivity index (χ2n) is 6.68. The van der Waals surface area contributed by atoms with Crippen molar-refractivity contribution in [3.8, 4) is 0 Å². The molecule has 19 heavy (non-hydrogen) atoms. The summed E-state index contributed by atoms with van der Waals surface area (Å²) in [6, 6.07) is 0.932. The van der Waals surface area contributed by atoms with Crippen LogP contribution in [0.2, 0.25) is 0 Å². The van der Waals surface area contributed by atoms with Crippen molar-refractivity contribution in [2.45, 2.75) is 64.3 Å². The molecule has 114 valence electrons. The molecule has 0 aromatic rings. The predicted molar refractivity (Wildman–Crippen MR) is 81.3 cm³/mol. The SMILES string of the molecule is CCCC1CNC(C)CN1CCS(=O)(=O)C(C)(C)C. The summed E-state index contributed by atoms with van der Waals surface area (Å²) in [5, 5.41) is 3.48. The third kappa shape index (κ3) is 4.72. The van der Waals surface area contributed by atoms with E-state index in [0.717, 1.165) is 25.9 Å². The molecule has 1 aliphatic rings. The van der Waals surface area contributed by atoms with Gasteiger partial charge in [-0.15, -0.1) is 0 Å². The minimum atomic E-state index is -3.02. The summed E-state index contributed by atoms with van der Waals surface area (Å²) in [6.45, 7) is 12.3. The van der Waals surface area contributed by atoms with Crippen LogP contribution in [0, 0.1) is 0 Å². The summed E-state index contributed by atoms with van der Waals surface area (Å²) in [5.41, 5.74) is 0. The topological polar surface area (TPSA) is 49.4 Å². The van der Waals surface area contributed by atoms with Gasteiger partial charge < -0.3 is 5.32 Å². The summed E-state index contributed by atoms with van der Waals surface area (Å²) < 4.78 is 23.8. The van der Waals surface area contributed by atoms with Crippen LogP contribution in [0.1, 0.15) is 47.5 Å². The number of piperazine rings is 1. The van der Waals surface area contributed by atoms with Gasteiger partial charge in [-0.3, -0.25) is 4.90 Å². The zero-order valence-electron chi connectivity index (χ0n) is 13.1. The van der Waals surface area contributed by atoms with E-state index in [2.05, 4.69) is 24.1 Å². The molecule has 4 nitrogen and oxygen atoms in total. The molecule has 1 N–H and O–H groups in total. The van der Waals surface area contributed by atoms with E-state index in [1.165, 1.54) is 0 Å². The Hall–Kier alpha value is -0.130. The fraction of sp³-hybridized carbons (Fsp3) is 1.00. The van der Waals surface area contributed by atoms with Crippen LogP contribution in [0.15, 0.2) is 0 Å². The molecule has 2 unspecified atom stereocenters. The number of nitrogens with one attached hydrogen (secondary N) is 1. The van der Waals surface area contributed by atoms with E-state index in [0.29, 0.717) is 18.6 Å². The molecular weight excluding hydrogens is 260 g/mol. The molecule has 0 bridgehead atoms. The zero-order valence-corrected chi connectivity index (χ0v) is 13.9. The van der Waals surface area contributed by atoms with Crippen LogP contribution in [0.5, 0.6) is 0 Å². The second kappa shape index (κ2) is 6.55. The molecule has 0 aliphatic carbocycles. The molecule has 5 heteroatoms. The number of sulfone groups is 1. The molecule has 0 saturated carbocycles. The van der Waals surface area contributed by atoms with E-state index in [9.17, 15) is 8.42 Å². The largest absolute Gasteiger partial charge is 0.311 e. The molecule has 2 atom stereocenters. The maximum Gasteiger partial charge on any atom is 0.156 e. The lowest BCUT2D eigenvalue weighted by atomic mass is 10.1. The maximum absolute atomic E-state index is 12.2. The number of rotatable bonds is 5. The first kappa shape index (κ1) is 16.9. The van der Waals surface area contributed by atoms with Crippen LogP contribution in [0.4, 0.5) is 0 Å². The summed E-state index contributed by atoms with van der Waals surface area (Å²) in [6.07, 6.45) is 2.28. The Morgan fingerprint density at radius 2 is 1.95 bits per heavy atom. The van der Waals surface area contributed by atoms with E-state index < -0.39 is 14.6 Å². The van der Waals surface area contributed by atoms with Crippen LogP contribution < -0.4 is 5.32 Å². The first-order chi connectivity index (χ1) is 8.67. The first-order valence-electron chi connectivity index (χ1n) is 7.37. The highest BCUT2D eigenvalue weighted by Crippen LogP contribution is 2.18. The van der Waals surface area contributed by atoms with Crippen LogP contribution >= 0.6 is 0 Å². The smallest absolute Gasteiger partial charge is 0.156 e. The van der Waals surface area contributed by atoms with Crippen molar-refractivity contribution in [2.75, 3.05) is 25.4 Å². The summed E-state index contributed by atoms with van der Waals surface area (Å²) in [7, 11) is -3.02. The molecule has 0 radical (unpaired) electrons. The lowest BCUT2D eigenvalue weighted by Gasteiger charge is -2.39. The van der Waals surface area contributed by atoms with Crippen molar-refractivity contribution >= 4 is 9.84 Å². The minimum Gasteiger partial charge on any atom is -0.311 e. The zero-order chi connectivity index (χ0) is 14.7. The molecule has 1 aliphatic heterocycles. The van der Waals surface area contributed by atoms with Crippen molar-refractivity contribution in [3.63, 3.8) is 0 Å². The molecule has 0 amide bonds. The Morgan fingerprint density at radius 3 is 2.47 bits per heavy atom. The van der Waals surface area contributed by atoms with Crippen LogP contribution in [-0.2, 0) is 9.84 Å². The average Bonchev–Trinajstić information content (AvgIpc) is 2.28. The molecular formula is C14H30N2O2S. The highest BCUT2D eigenvalue weighted by molar-refractivity contribution is 7.92. The van der Waals surface area contributed by atoms with Gasteiger partial charge in [-0.1, -0.05) is 13.3 Å². The molecule has 1 fully saturated rings. The Morgan fingerprint density at radius 1 is 1.32 bits per heavy atom. The van der Waals surface area contributed by atoms with Gasteiger partial charge in [0.1, 0.15) is 0 Å². The van der Waals surface area contributed by atoms with Gasteiger partial charge in [0.2, 0.25) is 0 Å². The van der Waals surface area contributed by atoms with E-state index in [4.69, 9.17) is 0 Å². The van der Waals surface area contributed by atoms with E-state index in [1.807, 2.05) is 0 Å². The Labute approximate surface area is 118 Å². The molecule has 1 saturated heterocycles. The molecule has 1 heterocycles. The monoisotopic (exact) mass is 290 g/mol. The molecule has 0 spiro atoms. The lowest BCUT2D eigenvalue weighted by Crippen LogP contribution is -2.56. The van der Waals surface area contributed by atoms with E-state index in [1.54, 1.807) is 20.8 Å². The molecule has 0 aromatic carbocycles. The van der Waals surface area contributed by atoms with Crippen molar-refractivity contribution in [2.24, 2.45) is 0 Å². The highest BCUT2D eigenvalue weighted by Gasteiger charge is 2.31. The van der Waals surface area contributed by atoms with Gasteiger partial charge in [0.05, 0.1) is 10.5 Å². The quantitative estimate of drug-likeness (QED) is 0.836. The van der Waals surface area contributed by atoms with Gasteiger partial charge in [-0.25, -0.2) is 8.42 Å². The van der Waals surface area contributed by atoms with Gasteiger partial charge >= 0.3 is 0 Å². The summed E-state index contributed by atoms with van der Waals surface area (Å²) in [4.78, 5) is 2.36. The van der Waals surface area contributed by atoms with Crippen LogP contribution in [0.3, 0.4) is 0 Å². The van der Waals surface area contributed by atoms with Crippen molar-refractivity contribution in [3.05, 3.63) is 0 Å². The predicted octanol–water partition coefficient (Wildman–Crippen LogP) is 1.66. The lowest BCUT2D eigenvalue weighted by molar-refractivity contribution is 0.135. The van der Waals surface area contributed by atoms with Crippen LogP contribution in [-0.4, -0.2) is 55.5 Å². The Bertz CT molecular complexity index is 373. The van der Waals surface area contributed by atoms with Crippen molar-refractivity contribution in [1.29, 1.82) is 0 Å². The fourth-order valence-corrected chi connectivity index (χ4v) is 3.55. The average molecular weight is 290 g/mol. The minimum absolute atomic E-state index is 0.267. The fourth-order valence-electron chi connectivity index (χ4n) is 2.47. The molecule has 0 aromatic heterocycles. The second-order valence-corrected chi connectivity index (χ2v) is 9.54. The van der Waals surface area contributed by atoms with Gasteiger partial charge in [-0.2, -0.15) is 0 Å². The van der Waals surface area contributed by atoms with E-state index >= 15 is 0 Å². The van der Waals surface area contributed by atoms with Gasteiger partial charge in [-0.05, 0) is 34.1 Å². The van der Waals surface area contributed by atoms with Crippen molar-refractivity contribution < 1.29 is 8.42 Å². The number of hydrogen-bond donors (Lipinski definition) is 1. The summed E-state index contributed by atoms with van der Waals surface area (Å²) >= 11 is 0.